The van der Waals surface area contributed by atoms with Crippen LogP contribution in [-0.4, -0.2) is 18.4 Å². The molecule has 3 nitrogen and oxygen atoms in total. The normalized spacial score (nSPS) is 9.93. The van der Waals surface area contributed by atoms with E-state index in [-0.39, 0.29) is 17.4 Å². The van der Waals surface area contributed by atoms with Crippen molar-refractivity contribution in [1.29, 1.82) is 0 Å². The van der Waals surface area contributed by atoms with Gasteiger partial charge in [-0.1, -0.05) is 23.2 Å². The SMILES string of the molecule is CC(=O)OCC(=O)c1csc(Cl)c1Cl. The van der Waals surface area contributed by atoms with Crippen LogP contribution in [0.5, 0.6) is 0 Å². The average Bonchev–Trinajstić information content (AvgIpc) is 2.44. The van der Waals surface area contributed by atoms with Crippen LogP contribution in [0.3, 0.4) is 0 Å². The predicted octanol–water partition coefficient (Wildman–Crippen LogP) is 2.80. The Morgan fingerprint density at radius 3 is 2.57 bits per heavy atom. The molecule has 0 aromatic carbocycles. The van der Waals surface area contributed by atoms with Gasteiger partial charge >= 0.3 is 5.97 Å². The summed E-state index contributed by atoms with van der Waals surface area (Å²) in [6.45, 7) is 0.928. The molecule has 1 rings (SSSR count). The zero-order valence-corrected chi connectivity index (χ0v) is 9.50. The molecule has 0 aliphatic heterocycles. The minimum atomic E-state index is -0.504. The number of halogens is 2. The van der Waals surface area contributed by atoms with Gasteiger partial charge in [-0.25, -0.2) is 0 Å². The highest BCUT2D eigenvalue weighted by Gasteiger charge is 2.15. The van der Waals surface area contributed by atoms with Crippen LogP contribution in [0.4, 0.5) is 0 Å². The monoisotopic (exact) mass is 252 g/mol. The van der Waals surface area contributed by atoms with E-state index in [0.29, 0.717) is 9.90 Å². The van der Waals surface area contributed by atoms with Crippen LogP contribution in [0.25, 0.3) is 0 Å². The van der Waals surface area contributed by atoms with Crippen molar-refractivity contribution in [2.45, 2.75) is 6.92 Å². The Kier molecular flexibility index (Phi) is 3.92. The lowest BCUT2D eigenvalue weighted by Crippen LogP contribution is -2.11. The molecule has 0 aliphatic carbocycles. The first kappa shape index (κ1) is 11.5. The number of carbonyl (C=O) groups excluding carboxylic acids is 2. The summed E-state index contributed by atoms with van der Waals surface area (Å²) >= 11 is 12.6. The minimum absolute atomic E-state index is 0.216. The summed E-state index contributed by atoms with van der Waals surface area (Å²) in [5.41, 5.74) is 0.294. The van der Waals surface area contributed by atoms with Crippen LogP contribution >= 0.6 is 34.5 Å². The van der Waals surface area contributed by atoms with E-state index in [1.54, 1.807) is 0 Å². The highest BCUT2D eigenvalue weighted by atomic mass is 35.5. The molecule has 0 amide bonds. The predicted molar refractivity (Wildman–Crippen MR) is 55.3 cm³/mol. The Balaban J connectivity index is 2.70. The van der Waals surface area contributed by atoms with Gasteiger partial charge in [0.05, 0.1) is 10.6 Å². The zero-order chi connectivity index (χ0) is 10.7. The molecule has 6 heteroatoms. The maximum atomic E-state index is 11.4. The molecule has 1 aromatic rings. The highest BCUT2D eigenvalue weighted by Crippen LogP contribution is 2.32. The van der Waals surface area contributed by atoms with E-state index in [1.807, 2.05) is 0 Å². The third-order valence-electron chi connectivity index (χ3n) is 1.40. The van der Waals surface area contributed by atoms with E-state index >= 15 is 0 Å². The van der Waals surface area contributed by atoms with Crippen molar-refractivity contribution in [3.8, 4) is 0 Å². The number of thiophene rings is 1. The van der Waals surface area contributed by atoms with Crippen LogP contribution in [0, 0.1) is 0 Å². The highest BCUT2D eigenvalue weighted by molar-refractivity contribution is 7.15. The van der Waals surface area contributed by atoms with Crippen molar-refractivity contribution in [1.82, 2.24) is 0 Å². The maximum Gasteiger partial charge on any atom is 0.303 e. The van der Waals surface area contributed by atoms with Crippen LogP contribution in [0.2, 0.25) is 9.36 Å². The Bertz CT molecular complexity index is 373. The lowest BCUT2D eigenvalue weighted by atomic mass is 10.2. The maximum absolute atomic E-state index is 11.4. The molecular weight excluding hydrogens is 247 g/mol. The fourth-order valence-electron chi connectivity index (χ4n) is 0.753. The van der Waals surface area contributed by atoms with Crippen molar-refractivity contribution in [3.63, 3.8) is 0 Å². The molecule has 0 saturated heterocycles. The van der Waals surface area contributed by atoms with Crippen molar-refractivity contribution in [2.24, 2.45) is 0 Å². The molecular formula is C8H6Cl2O3S. The first-order chi connectivity index (χ1) is 6.52. The van der Waals surface area contributed by atoms with Gasteiger partial charge in [-0.05, 0) is 0 Å². The number of carbonyl (C=O) groups is 2. The first-order valence-electron chi connectivity index (χ1n) is 3.61. The number of hydrogen-bond donors (Lipinski definition) is 0. The van der Waals surface area contributed by atoms with Crippen molar-refractivity contribution in [3.05, 3.63) is 20.3 Å². The van der Waals surface area contributed by atoms with Gasteiger partial charge in [0.1, 0.15) is 4.34 Å². The zero-order valence-electron chi connectivity index (χ0n) is 7.17. The summed E-state index contributed by atoms with van der Waals surface area (Å²) in [6, 6.07) is 0. The summed E-state index contributed by atoms with van der Waals surface area (Å²) in [5, 5.41) is 1.75. The van der Waals surface area contributed by atoms with Crippen molar-refractivity contribution >= 4 is 46.3 Å². The second kappa shape index (κ2) is 4.77. The summed E-state index contributed by atoms with van der Waals surface area (Å²) < 4.78 is 4.90. The number of esters is 1. The van der Waals surface area contributed by atoms with E-state index in [9.17, 15) is 9.59 Å². The van der Waals surface area contributed by atoms with Gasteiger partial charge in [0.25, 0.3) is 0 Å². The molecule has 0 unspecified atom stereocenters. The molecule has 1 aromatic heterocycles. The van der Waals surface area contributed by atoms with Gasteiger partial charge in [0, 0.05) is 12.3 Å². The largest absolute Gasteiger partial charge is 0.457 e. The second-order valence-corrected chi connectivity index (χ2v) is 4.30. The molecule has 0 N–H and O–H groups in total. The molecule has 0 aliphatic rings. The van der Waals surface area contributed by atoms with E-state index in [4.69, 9.17) is 23.2 Å². The van der Waals surface area contributed by atoms with E-state index in [0.717, 1.165) is 0 Å². The Morgan fingerprint density at radius 2 is 2.14 bits per heavy atom. The molecule has 76 valence electrons. The molecule has 1 heterocycles. The number of hydrogen-bond acceptors (Lipinski definition) is 4. The molecule has 0 fully saturated rings. The Labute approximate surface area is 94.6 Å². The Morgan fingerprint density at radius 1 is 1.50 bits per heavy atom. The van der Waals surface area contributed by atoms with Crippen LogP contribution < -0.4 is 0 Å². The number of ketones is 1. The molecule has 0 radical (unpaired) electrons. The standard InChI is InChI=1S/C8H6Cl2O3S/c1-4(11)13-2-6(12)5-3-14-8(10)7(5)9/h3H,2H2,1H3. The van der Waals surface area contributed by atoms with E-state index < -0.39 is 5.97 Å². The third kappa shape index (κ3) is 2.70. The fraction of sp³-hybridized carbons (Fsp3) is 0.250. The summed E-state index contributed by atoms with van der Waals surface area (Å²) in [7, 11) is 0. The average molecular weight is 253 g/mol. The van der Waals surface area contributed by atoms with Gasteiger partial charge in [-0.3, -0.25) is 9.59 Å². The molecule has 0 spiro atoms. The number of rotatable bonds is 3. The van der Waals surface area contributed by atoms with Gasteiger partial charge in [-0.2, -0.15) is 0 Å². The van der Waals surface area contributed by atoms with E-state index in [1.165, 1.54) is 23.6 Å². The molecule has 14 heavy (non-hydrogen) atoms. The topological polar surface area (TPSA) is 43.4 Å². The van der Waals surface area contributed by atoms with Gasteiger partial charge in [0.2, 0.25) is 5.78 Å². The summed E-state index contributed by atoms with van der Waals surface area (Å²) in [5.74, 6) is -0.857. The van der Waals surface area contributed by atoms with Crippen molar-refractivity contribution in [2.75, 3.05) is 6.61 Å². The molecule has 0 saturated carbocycles. The first-order valence-corrected chi connectivity index (χ1v) is 5.25. The van der Waals surface area contributed by atoms with Crippen LogP contribution in [-0.2, 0) is 9.53 Å². The van der Waals surface area contributed by atoms with Gasteiger partial charge in [0.15, 0.2) is 6.61 Å². The summed E-state index contributed by atoms with van der Waals surface area (Å²) in [6.07, 6.45) is 0. The lowest BCUT2D eigenvalue weighted by molar-refractivity contribution is -0.139. The number of ether oxygens (including phenoxy) is 1. The Hall–Kier alpha value is -0.580. The molecule has 0 atom stereocenters. The van der Waals surface area contributed by atoms with Crippen LogP contribution in [0.15, 0.2) is 5.38 Å². The molecule has 0 bridgehead atoms. The van der Waals surface area contributed by atoms with Gasteiger partial charge < -0.3 is 4.74 Å². The smallest absolute Gasteiger partial charge is 0.303 e. The lowest BCUT2D eigenvalue weighted by Gasteiger charge is -1.99. The minimum Gasteiger partial charge on any atom is -0.457 e. The summed E-state index contributed by atoms with van der Waals surface area (Å²) in [4.78, 5) is 21.8. The second-order valence-electron chi connectivity index (χ2n) is 2.44. The van der Waals surface area contributed by atoms with Crippen LogP contribution in [0.1, 0.15) is 17.3 Å². The third-order valence-corrected chi connectivity index (χ3v) is 3.22. The fourth-order valence-corrected chi connectivity index (χ4v) is 2.03. The van der Waals surface area contributed by atoms with E-state index in [2.05, 4.69) is 4.74 Å². The number of Topliss-reactive ketones (excluding diaryl/α,β-unsaturated/α-hetero) is 1. The quantitative estimate of drug-likeness (QED) is 0.614. The van der Waals surface area contributed by atoms with Crippen molar-refractivity contribution < 1.29 is 14.3 Å². The van der Waals surface area contributed by atoms with Gasteiger partial charge in [-0.15, -0.1) is 11.3 Å².